The van der Waals surface area contributed by atoms with E-state index >= 15 is 0 Å². The van der Waals surface area contributed by atoms with Crippen LogP contribution >= 0.6 is 0 Å². The summed E-state index contributed by atoms with van der Waals surface area (Å²) in [5.74, 6) is 0.984. The summed E-state index contributed by atoms with van der Waals surface area (Å²) < 4.78 is 5.90. The van der Waals surface area contributed by atoms with E-state index in [4.69, 9.17) is 4.74 Å². The molecule has 0 atom stereocenters. The number of aromatic hydroxyl groups is 1. The number of likely N-dealkylation sites (tertiary alicyclic amines) is 1. The minimum Gasteiger partial charge on any atom is -0.508 e. The molecule has 0 spiro atoms. The standard InChI is InChI=1S/C21H31N3O4/c1-16(2)28-19-8-7-17(25)15-18(19)23-13-11-22(12-14-23)9-4-10-24-20(26)5-3-6-21(24)27/h7-8,15-16,25H,3-6,9-14H2,1-2H3. The minimum absolute atomic E-state index is 0.0253. The molecule has 7 heteroatoms. The molecule has 1 aromatic rings. The molecule has 2 aliphatic rings. The van der Waals surface area contributed by atoms with Gasteiger partial charge in [0.1, 0.15) is 11.5 Å². The molecule has 0 unspecified atom stereocenters. The van der Waals surface area contributed by atoms with Crippen LogP contribution in [-0.4, -0.2) is 72.1 Å². The third-order valence-electron chi connectivity index (χ3n) is 5.26. The Labute approximate surface area is 166 Å². The van der Waals surface area contributed by atoms with E-state index in [-0.39, 0.29) is 23.7 Å². The molecule has 0 saturated carbocycles. The van der Waals surface area contributed by atoms with Crippen molar-refractivity contribution < 1.29 is 19.4 Å². The van der Waals surface area contributed by atoms with Crippen LogP contribution in [-0.2, 0) is 9.59 Å². The minimum atomic E-state index is -0.0253. The predicted molar refractivity (Wildman–Crippen MR) is 108 cm³/mol. The first kappa shape index (κ1) is 20.5. The quantitative estimate of drug-likeness (QED) is 0.721. The second kappa shape index (κ2) is 9.28. The van der Waals surface area contributed by atoms with E-state index in [1.807, 2.05) is 19.9 Å². The Hall–Kier alpha value is -2.28. The third kappa shape index (κ3) is 5.16. The number of ether oxygens (including phenoxy) is 1. The number of nitrogens with zero attached hydrogens (tertiary/aromatic N) is 3. The van der Waals surface area contributed by atoms with Crippen molar-refractivity contribution in [1.29, 1.82) is 0 Å². The van der Waals surface area contributed by atoms with Crippen LogP contribution in [0, 0.1) is 0 Å². The first-order valence-corrected chi connectivity index (χ1v) is 10.2. The number of rotatable bonds is 7. The third-order valence-corrected chi connectivity index (χ3v) is 5.26. The van der Waals surface area contributed by atoms with Crippen molar-refractivity contribution in [3.63, 3.8) is 0 Å². The topological polar surface area (TPSA) is 73.3 Å². The molecule has 2 fully saturated rings. The predicted octanol–water partition coefficient (Wildman–Crippen LogP) is 2.23. The van der Waals surface area contributed by atoms with Crippen LogP contribution in [0.15, 0.2) is 18.2 Å². The van der Waals surface area contributed by atoms with Crippen LogP contribution < -0.4 is 9.64 Å². The highest BCUT2D eigenvalue weighted by atomic mass is 16.5. The van der Waals surface area contributed by atoms with E-state index in [2.05, 4.69) is 9.80 Å². The molecule has 2 aliphatic heterocycles. The van der Waals surface area contributed by atoms with E-state index in [0.717, 1.165) is 50.6 Å². The Kier molecular flexibility index (Phi) is 6.78. The Bertz CT molecular complexity index is 683. The van der Waals surface area contributed by atoms with E-state index in [1.54, 1.807) is 12.1 Å². The van der Waals surface area contributed by atoms with Gasteiger partial charge in [-0.25, -0.2) is 0 Å². The van der Waals surface area contributed by atoms with Crippen LogP contribution in [0.2, 0.25) is 0 Å². The van der Waals surface area contributed by atoms with Gasteiger partial charge in [-0.05, 0) is 45.4 Å². The Morgan fingerprint density at radius 1 is 1.04 bits per heavy atom. The zero-order valence-electron chi connectivity index (χ0n) is 16.9. The number of phenols is 1. The number of imide groups is 1. The lowest BCUT2D eigenvalue weighted by molar-refractivity contribution is -0.148. The summed E-state index contributed by atoms with van der Waals surface area (Å²) in [7, 11) is 0. The van der Waals surface area contributed by atoms with E-state index in [0.29, 0.717) is 25.8 Å². The molecule has 154 valence electrons. The van der Waals surface area contributed by atoms with Crippen LogP contribution in [0.5, 0.6) is 11.5 Å². The van der Waals surface area contributed by atoms with Crippen molar-refractivity contribution in [3.8, 4) is 11.5 Å². The van der Waals surface area contributed by atoms with Crippen LogP contribution in [0.25, 0.3) is 0 Å². The first-order valence-electron chi connectivity index (χ1n) is 10.2. The van der Waals surface area contributed by atoms with Crippen molar-refractivity contribution in [2.75, 3.05) is 44.2 Å². The highest BCUT2D eigenvalue weighted by Crippen LogP contribution is 2.33. The SMILES string of the molecule is CC(C)Oc1ccc(O)cc1N1CCN(CCCN2C(=O)CCCC2=O)CC1. The number of carbonyl (C=O) groups excluding carboxylic acids is 2. The van der Waals surface area contributed by atoms with Gasteiger partial charge in [-0.15, -0.1) is 0 Å². The number of carbonyl (C=O) groups is 2. The van der Waals surface area contributed by atoms with Crippen molar-refractivity contribution in [3.05, 3.63) is 18.2 Å². The lowest BCUT2D eigenvalue weighted by atomic mass is 10.1. The Balaban J connectivity index is 1.49. The van der Waals surface area contributed by atoms with Crippen molar-refractivity contribution in [2.24, 2.45) is 0 Å². The lowest BCUT2D eigenvalue weighted by Gasteiger charge is -2.37. The highest BCUT2D eigenvalue weighted by Gasteiger charge is 2.26. The zero-order chi connectivity index (χ0) is 20.1. The summed E-state index contributed by atoms with van der Waals surface area (Å²) in [5.41, 5.74) is 0.929. The Morgan fingerprint density at radius 3 is 2.36 bits per heavy atom. The maximum atomic E-state index is 11.9. The highest BCUT2D eigenvalue weighted by molar-refractivity contribution is 5.97. The van der Waals surface area contributed by atoms with Gasteiger partial charge in [-0.2, -0.15) is 0 Å². The fourth-order valence-corrected chi connectivity index (χ4v) is 3.82. The average Bonchev–Trinajstić information content (AvgIpc) is 2.66. The molecular formula is C21H31N3O4. The van der Waals surface area contributed by atoms with E-state index < -0.39 is 0 Å². The fourth-order valence-electron chi connectivity index (χ4n) is 3.82. The number of hydrogen-bond donors (Lipinski definition) is 1. The molecule has 0 bridgehead atoms. The van der Waals surface area contributed by atoms with Crippen molar-refractivity contribution in [2.45, 2.75) is 45.6 Å². The smallest absolute Gasteiger partial charge is 0.229 e. The zero-order valence-corrected chi connectivity index (χ0v) is 16.9. The molecule has 2 amide bonds. The van der Waals surface area contributed by atoms with Crippen molar-refractivity contribution in [1.82, 2.24) is 9.80 Å². The monoisotopic (exact) mass is 389 g/mol. The fraction of sp³-hybridized carbons (Fsp3) is 0.619. The second-order valence-corrected chi connectivity index (χ2v) is 7.79. The normalized spacial score (nSPS) is 18.8. The molecule has 0 aliphatic carbocycles. The molecular weight excluding hydrogens is 358 g/mol. The van der Waals surface area contributed by atoms with Gasteiger partial charge >= 0.3 is 0 Å². The number of piperazine rings is 1. The second-order valence-electron chi connectivity index (χ2n) is 7.79. The molecule has 28 heavy (non-hydrogen) atoms. The molecule has 0 radical (unpaired) electrons. The van der Waals surface area contributed by atoms with Gasteiger partial charge in [0, 0.05) is 51.6 Å². The summed E-state index contributed by atoms with van der Waals surface area (Å²) in [6.45, 7) is 8.88. The number of piperidine rings is 1. The average molecular weight is 389 g/mol. The van der Waals surface area contributed by atoms with Gasteiger partial charge in [0.05, 0.1) is 11.8 Å². The molecule has 1 aromatic carbocycles. The maximum absolute atomic E-state index is 11.9. The molecule has 0 aromatic heterocycles. The molecule has 3 rings (SSSR count). The van der Waals surface area contributed by atoms with Gasteiger partial charge in [0.2, 0.25) is 11.8 Å². The largest absolute Gasteiger partial charge is 0.508 e. The summed E-state index contributed by atoms with van der Waals surface area (Å²) >= 11 is 0. The van der Waals surface area contributed by atoms with E-state index in [9.17, 15) is 14.7 Å². The summed E-state index contributed by atoms with van der Waals surface area (Å²) in [4.78, 5) is 29.8. The van der Waals surface area contributed by atoms with Crippen LogP contribution in [0.4, 0.5) is 5.69 Å². The van der Waals surface area contributed by atoms with Crippen LogP contribution in [0.1, 0.15) is 39.5 Å². The molecule has 2 saturated heterocycles. The van der Waals surface area contributed by atoms with E-state index in [1.165, 1.54) is 4.90 Å². The molecule has 1 N–H and O–H groups in total. The van der Waals surface area contributed by atoms with Gasteiger partial charge in [0.15, 0.2) is 0 Å². The van der Waals surface area contributed by atoms with Crippen molar-refractivity contribution >= 4 is 17.5 Å². The summed E-state index contributed by atoms with van der Waals surface area (Å²) in [6.07, 6.45) is 2.56. The molecule has 7 nitrogen and oxygen atoms in total. The summed E-state index contributed by atoms with van der Waals surface area (Å²) in [5, 5.41) is 9.88. The Morgan fingerprint density at radius 2 is 1.71 bits per heavy atom. The molecule has 2 heterocycles. The van der Waals surface area contributed by atoms with Gasteiger partial charge in [-0.3, -0.25) is 19.4 Å². The van der Waals surface area contributed by atoms with Crippen LogP contribution in [0.3, 0.4) is 0 Å². The first-order chi connectivity index (χ1) is 13.4. The number of phenolic OH excluding ortho intramolecular Hbond substituents is 1. The summed E-state index contributed by atoms with van der Waals surface area (Å²) in [6, 6.07) is 5.24. The number of hydrogen-bond acceptors (Lipinski definition) is 6. The maximum Gasteiger partial charge on any atom is 0.229 e. The van der Waals surface area contributed by atoms with Gasteiger partial charge in [-0.1, -0.05) is 0 Å². The number of benzene rings is 1. The number of amides is 2. The lowest BCUT2D eigenvalue weighted by Crippen LogP contribution is -2.47. The number of anilines is 1. The van der Waals surface area contributed by atoms with Gasteiger partial charge in [0.25, 0.3) is 0 Å². The van der Waals surface area contributed by atoms with Gasteiger partial charge < -0.3 is 14.7 Å².